The summed E-state index contributed by atoms with van der Waals surface area (Å²) in [5, 5.41) is 2.24. The van der Waals surface area contributed by atoms with Gasteiger partial charge >= 0.3 is 6.09 Å². The second kappa shape index (κ2) is 11.6. The van der Waals surface area contributed by atoms with E-state index in [2.05, 4.69) is 35.9 Å². The van der Waals surface area contributed by atoms with Crippen LogP contribution in [0, 0.1) is 11.3 Å². The Morgan fingerprint density at radius 1 is 0.907 bits per heavy atom. The highest BCUT2D eigenvalue weighted by atomic mass is 16.6. The molecule has 0 aliphatic carbocycles. The number of fused-ring (bicyclic) bond motifs is 1. The lowest BCUT2D eigenvalue weighted by atomic mass is 9.77. The first-order valence-electron chi connectivity index (χ1n) is 15.4. The summed E-state index contributed by atoms with van der Waals surface area (Å²) in [5.41, 5.74) is 0.893. The number of piperazine rings is 1. The second-order valence-electron chi connectivity index (χ2n) is 14.4. The summed E-state index contributed by atoms with van der Waals surface area (Å²) in [6, 6.07) is 4.44. The zero-order chi connectivity index (χ0) is 31.3. The molecule has 1 aromatic carbocycles. The maximum atomic E-state index is 13.3. The number of ether oxygens (including phenoxy) is 1. The lowest BCUT2D eigenvalue weighted by molar-refractivity contribution is -0.136. The monoisotopic (exact) mass is 595 g/mol. The molecule has 0 aromatic heterocycles. The molecule has 3 unspecified atom stereocenters. The Labute approximate surface area is 253 Å². The van der Waals surface area contributed by atoms with Gasteiger partial charge in [0.2, 0.25) is 11.8 Å². The fraction of sp³-hybridized carbons (Fsp3) is 0.656. The number of nitrogens with zero attached hydrogens (tertiary/aromatic N) is 4. The average Bonchev–Trinajstić information content (AvgIpc) is 3.16. The number of piperidine rings is 2. The minimum atomic E-state index is -0.967. The van der Waals surface area contributed by atoms with Crippen LogP contribution in [-0.4, -0.2) is 101 Å². The fourth-order valence-electron chi connectivity index (χ4n) is 6.77. The Morgan fingerprint density at radius 3 is 2.21 bits per heavy atom. The second-order valence-corrected chi connectivity index (χ2v) is 14.4. The Bertz CT molecular complexity index is 1310. The zero-order valence-corrected chi connectivity index (χ0v) is 26.3. The molecule has 0 radical (unpaired) electrons. The number of likely N-dealkylation sites (tertiary alicyclic amines) is 1. The Balaban J connectivity index is 1.18. The highest BCUT2D eigenvalue weighted by molar-refractivity contribution is 6.23. The summed E-state index contributed by atoms with van der Waals surface area (Å²) in [5.74, 6) is -1.49. The minimum Gasteiger partial charge on any atom is -0.444 e. The number of hydrogen-bond acceptors (Lipinski definition) is 8. The van der Waals surface area contributed by atoms with Crippen molar-refractivity contribution in [3.05, 3.63) is 29.3 Å². The van der Waals surface area contributed by atoms with Crippen LogP contribution in [0.2, 0.25) is 0 Å². The summed E-state index contributed by atoms with van der Waals surface area (Å²) >= 11 is 0. The molecule has 4 aliphatic rings. The van der Waals surface area contributed by atoms with Crippen LogP contribution in [-0.2, 0) is 14.3 Å². The number of amides is 5. The number of nitrogens with one attached hydrogen (secondary N) is 1. The molecule has 1 N–H and O–H groups in total. The maximum absolute atomic E-state index is 13.3. The molecule has 11 nitrogen and oxygen atoms in total. The van der Waals surface area contributed by atoms with E-state index in [9.17, 15) is 24.0 Å². The van der Waals surface area contributed by atoms with Gasteiger partial charge in [0.25, 0.3) is 11.8 Å². The molecule has 3 saturated heterocycles. The van der Waals surface area contributed by atoms with E-state index in [4.69, 9.17) is 4.74 Å². The Morgan fingerprint density at radius 2 is 1.58 bits per heavy atom. The largest absolute Gasteiger partial charge is 0.444 e. The third-order valence-corrected chi connectivity index (χ3v) is 9.02. The highest BCUT2D eigenvalue weighted by Crippen LogP contribution is 2.36. The molecule has 3 fully saturated rings. The normalized spacial score (nSPS) is 25.6. The first kappa shape index (κ1) is 31.0. The zero-order valence-electron chi connectivity index (χ0n) is 26.3. The van der Waals surface area contributed by atoms with Crippen LogP contribution < -0.4 is 10.2 Å². The molecular weight excluding hydrogens is 550 g/mol. The topological polar surface area (TPSA) is 120 Å². The van der Waals surface area contributed by atoms with Crippen LogP contribution in [0.1, 0.15) is 87.9 Å². The molecule has 4 aliphatic heterocycles. The number of rotatable bonds is 4. The number of carbonyl (C=O) groups excluding carboxylic acids is 5. The molecule has 0 saturated carbocycles. The molecule has 4 heterocycles. The maximum Gasteiger partial charge on any atom is 0.410 e. The van der Waals surface area contributed by atoms with Crippen molar-refractivity contribution < 1.29 is 28.7 Å². The van der Waals surface area contributed by atoms with E-state index in [1.807, 2.05) is 31.7 Å². The van der Waals surface area contributed by atoms with Gasteiger partial charge in [-0.2, -0.15) is 0 Å². The van der Waals surface area contributed by atoms with Crippen molar-refractivity contribution in [1.29, 1.82) is 0 Å². The van der Waals surface area contributed by atoms with Crippen molar-refractivity contribution in [1.82, 2.24) is 20.0 Å². The molecule has 0 bridgehead atoms. The minimum absolute atomic E-state index is 0.0611. The number of imide groups is 2. The van der Waals surface area contributed by atoms with Gasteiger partial charge in [-0.05, 0) is 69.6 Å². The van der Waals surface area contributed by atoms with Crippen molar-refractivity contribution in [2.24, 2.45) is 11.3 Å². The number of carbonyl (C=O) groups is 5. The smallest absolute Gasteiger partial charge is 0.410 e. The van der Waals surface area contributed by atoms with Crippen LogP contribution in [0.4, 0.5) is 10.5 Å². The van der Waals surface area contributed by atoms with E-state index in [1.165, 1.54) is 0 Å². The van der Waals surface area contributed by atoms with Crippen LogP contribution >= 0.6 is 0 Å². The predicted octanol–water partition coefficient (Wildman–Crippen LogP) is 3.27. The van der Waals surface area contributed by atoms with E-state index in [-0.39, 0.29) is 36.3 Å². The molecule has 11 heteroatoms. The van der Waals surface area contributed by atoms with Crippen molar-refractivity contribution >= 4 is 35.4 Å². The van der Waals surface area contributed by atoms with Gasteiger partial charge in [-0.25, -0.2) is 4.79 Å². The van der Waals surface area contributed by atoms with Gasteiger partial charge < -0.3 is 14.5 Å². The SMILES string of the molecule is CC(C)(C)OC(=O)N1CCC(CN2CCN(c3ccc4c(c3)C(=O)N(C3CCC(=O)NC3=O)C4=O)CC2)CC1C(C)(C)C. The number of hydrogen-bond donors (Lipinski definition) is 1. The quantitative estimate of drug-likeness (QED) is 0.527. The lowest BCUT2D eigenvalue weighted by Crippen LogP contribution is -2.55. The van der Waals surface area contributed by atoms with Gasteiger partial charge in [0, 0.05) is 57.4 Å². The summed E-state index contributed by atoms with van der Waals surface area (Å²) in [4.78, 5) is 70.9. The summed E-state index contributed by atoms with van der Waals surface area (Å²) in [6.45, 7) is 17.3. The van der Waals surface area contributed by atoms with Crippen LogP contribution in [0.25, 0.3) is 0 Å². The van der Waals surface area contributed by atoms with Gasteiger partial charge in [-0.3, -0.25) is 34.3 Å². The van der Waals surface area contributed by atoms with Crippen molar-refractivity contribution in [3.63, 3.8) is 0 Å². The standard InChI is InChI=1S/C32H45N5O6/c1-31(2,3)25-17-20(11-12-36(25)30(42)43-32(4,5)6)19-34-13-15-35(16-14-34)21-7-8-22-23(18-21)29(41)37(28(22)40)24-9-10-26(38)33-27(24)39/h7-8,18,20,24-25H,9-17,19H2,1-6H3,(H,33,38,39). The number of anilines is 1. The third kappa shape index (κ3) is 6.56. The first-order chi connectivity index (χ1) is 20.1. The van der Waals surface area contributed by atoms with Crippen LogP contribution in [0.5, 0.6) is 0 Å². The molecule has 234 valence electrons. The molecule has 0 spiro atoms. The van der Waals surface area contributed by atoms with Crippen molar-refractivity contribution in [2.75, 3.05) is 44.2 Å². The third-order valence-electron chi connectivity index (χ3n) is 9.02. The Kier molecular flexibility index (Phi) is 8.32. The van der Waals surface area contributed by atoms with Gasteiger partial charge in [0.15, 0.2) is 0 Å². The number of benzene rings is 1. The summed E-state index contributed by atoms with van der Waals surface area (Å²) in [6.07, 6.45) is 1.89. The molecule has 43 heavy (non-hydrogen) atoms. The molecular formula is C32H45N5O6. The van der Waals surface area contributed by atoms with E-state index in [0.29, 0.717) is 23.6 Å². The van der Waals surface area contributed by atoms with Gasteiger partial charge in [0.1, 0.15) is 11.6 Å². The van der Waals surface area contributed by atoms with E-state index >= 15 is 0 Å². The van der Waals surface area contributed by atoms with Crippen molar-refractivity contribution in [3.8, 4) is 0 Å². The first-order valence-corrected chi connectivity index (χ1v) is 15.4. The molecule has 3 atom stereocenters. The fourth-order valence-corrected chi connectivity index (χ4v) is 6.77. The summed E-state index contributed by atoms with van der Waals surface area (Å²) in [7, 11) is 0. The summed E-state index contributed by atoms with van der Waals surface area (Å²) < 4.78 is 5.73. The van der Waals surface area contributed by atoms with Crippen molar-refractivity contribution in [2.45, 2.75) is 84.9 Å². The highest BCUT2D eigenvalue weighted by Gasteiger charge is 2.45. The van der Waals surface area contributed by atoms with E-state index < -0.39 is 29.4 Å². The van der Waals surface area contributed by atoms with E-state index in [1.54, 1.807) is 12.1 Å². The predicted molar refractivity (Wildman–Crippen MR) is 161 cm³/mol. The Hall–Kier alpha value is -3.47. The van der Waals surface area contributed by atoms with Crippen LogP contribution in [0.15, 0.2) is 18.2 Å². The van der Waals surface area contributed by atoms with Gasteiger partial charge in [-0.15, -0.1) is 0 Å². The van der Waals surface area contributed by atoms with Gasteiger partial charge in [0.05, 0.1) is 11.1 Å². The van der Waals surface area contributed by atoms with E-state index in [0.717, 1.165) is 56.2 Å². The molecule has 5 rings (SSSR count). The van der Waals surface area contributed by atoms with Gasteiger partial charge in [-0.1, -0.05) is 20.8 Å². The molecule has 5 amide bonds. The average molecular weight is 596 g/mol. The molecule has 1 aromatic rings. The lowest BCUT2D eigenvalue weighted by Gasteiger charge is -2.47. The van der Waals surface area contributed by atoms with Crippen LogP contribution in [0.3, 0.4) is 0 Å².